The molecule has 0 saturated carbocycles. The molecule has 130 heavy (non-hydrogen) atoms. The first-order valence-electron chi connectivity index (χ1n) is 43.4. The van der Waals surface area contributed by atoms with E-state index in [0.717, 1.165) is 167 Å². The van der Waals surface area contributed by atoms with Gasteiger partial charge in [-0.15, -0.1) is 0 Å². The number of carbonyl (C=O) groups is 13. The van der Waals surface area contributed by atoms with E-state index >= 15 is 0 Å². The summed E-state index contributed by atoms with van der Waals surface area (Å²) >= 11 is 0. The molecular formula is C83H130O47. The van der Waals surface area contributed by atoms with Crippen molar-refractivity contribution in [2.45, 2.75) is 396 Å². The molecule has 0 aromatic carbocycles. The molecule has 0 spiro atoms. The lowest BCUT2D eigenvalue weighted by Gasteiger charge is -2.52. The number of hydrogen-bond donors (Lipinski definition) is 9. The normalized spacial score (nSPS) is 33.1. The van der Waals surface area contributed by atoms with Crippen LogP contribution in [-0.4, -0.2) is 373 Å². The van der Waals surface area contributed by atoms with Crippen molar-refractivity contribution in [1.29, 1.82) is 0 Å². The minimum atomic E-state index is -2.44. The average molecular weight is 1880 g/mol. The van der Waals surface area contributed by atoms with Crippen LogP contribution >= 0.6 is 0 Å². The van der Waals surface area contributed by atoms with E-state index in [2.05, 4.69) is 0 Å². The molecule has 0 radical (unpaired) electrons. The molecule has 6 rings (SSSR count). The highest BCUT2D eigenvalue weighted by molar-refractivity contribution is 5.72. The Labute approximate surface area is 750 Å². The van der Waals surface area contributed by atoms with Gasteiger partial charge in [-0.25, -0.2) is 4.79 Å². The van der Waals surface area contributed by atoms with Crippen LogP contribution in [0, 0.1) is 0 Å². The van der Waals surface area contributed by atoms with Gasteiger partial charge in [-0.05, 0) is 19.3 Å². The Hall–Kier alpha value is -7.73. The largest absolute Gasteiger partial charge is 0.479 e. The van der Waals surface area contributed by atoms with E-state index in [9.17, 15) is 103 Å². The number of hydrogen-bond acceptors (Lipinski definition) is 46. The number of aliphatic hydroxyl groups excluding tert-OH is 8. The van der Waals surface area contributed by atoms with Gasteiger partial charge in [0.15, 0.2) is 92.7 Å². The third-order valence-electron chi connectivity index (χ3n) is 21.3. The van der Waals surface area contributed by atoms with Crippen LogP contribution in [0.25, 0.3) is 0 Å². The molecule has 0 bridgehead atoms. The molecular weight excluding hydrogens is 1750 g/mol. The van der Waals surface area contributed by atoms with Crippen LogP contribution in [0.5, 0.6) is 0 Å². The highest BCUT2D eigenvalue weighted by atomic mass is 16.8. The molecule has 6 fully saturated rings. The maximum Gasteiger partial charge on any atom is 0.334 e. The predicted molar refractivity (Wildman–Crippen MR) is 425 cm³/mol. The fourth-order valence-corrected chi connectivity index (χ4v) is 15.4. The summed E-state index contributed by atoms with van der Waals surface area (Å²) in [6.07, 6.45) is -50.9. The van der Waals surface area contributed by atoms with Crippen molar-refractivity contribution in [2.75, 3.05) is 52.9 Å². The Morgan fingerprint density at radius 3 is 0.992 bits per heavy atom. The molecule has 0 amide bonds. The lowest BCUT2D eigenvalue weighted by atomic mass is 9.94. The average Bonchev–Trinajstić information content (AvgIpc) is 0.756. The predicted octanol–water partition coefficient (Wildman–Crippen LogP) is -0.744. The molecule has 32 atom stereocenters. The Morgan fingerprint density at radius 1 is 0.285 bits per heavy atom. The van der Waals surface area contributed by atoms with E-state index in [4.69, 9.17) is 124 Å². The molecule has 6 aliphatic heterocycles. The minimum absolute atomic E-state index is 0.254. The van der Waals surface area contributed by atoms with Gasteiger partial charge >= 0.3 is 77.6 Å². The van der Waals surface area contributed by atoms with E-state index in [0.29, 0.717) is 32.3 Å². The first-order chi connectivity index (χ1) is 61.5. The van der Waals surface area contributed by atoms with Crippen molar-refractivity contribution in [2.24, 2.45) is 0 Å². The van der Waals surface area contributed by atoms with Crippen molar-refractivity contribution in [3.05, 3.63) is 0 Å². The van der Waals surface area contributed by atoms with Gasteiger partial charge in [0.2, 0.25) is 0 Å². The Morgan fingerprint density at radius 2 is 0.585 bits per heavy atom. The number of aliphatic hydroxyl groups is 8. The maximum atomic E-state index is 13.9. The van der Waals surface area contributed by atoms with E-state index in [1.165, 1.54) is 0 Å². The molecule has 0 aliphatic carbocycles. The van der Waals surface area contributed by atoms with Gasteiger partial charge in [0.1, 0.15) is 131 Å². The summed E-state index contributed by atoms with van der Waals surface area (Å²) in [7, 11) is 0. The van der Waals surface area contributed by atoms with Crippen molar-refractivity contribution < 1.29 is 227 Å². The highest BCUT2D eigenvalue weighted by Gasteiger charge is 2.63. The second-order valence-electron chi connectivity index (χ2n) is 32.1. The van der Waals surface area contributed by atoms with Crippen LogP contribution < -0.4 is 0 Å². The molecule has 6 aliphatic rings. The summed E-state index contributed by atoms with van der Waals surface area (Å²) in [5.74, 6) is -14.0. The van der Waals surface area contributed by atoms with Crippen LogP contribution in [-0.2, 0) is 181 Å². The van der Waals surface area contributed by atoms with Gasteiger partial charge in [-0.3, -0.25) is 57.5 Å². The number of ether oxygens (including phenoxy) is 25. The zero-order chi connectivity index (χ0) is 96.3. The highest BCUT2D eigenvalue weighted by Crippen LogP contribution is 2.42. The van der Waals surface area contributed by atoms with Gasteiger partial charge in [0.25, 0.3) is 0 Å². The molecule has 0 aromatic heterocycles. The smallest absolute Gasteiger partial charge is 0.334 e. The Bertz CT molecular complexity index is 3570. The van der Waals surface area contributed by atoms with Crippen LogP contribution in [0.2, 0.25) is 0 Å². The monoisotopic (exact) mass is 1880 g/mol. The summed E-state index contributed by atoms with van der Waals surface area (Å²) in [5.41, 5.74) is 0. The Kier molecular flexibility index (Phi) is 47.7. The van der Waals surface area contributed by atoms with Gasteiger partial charge < -0.3 is 164 Å². The second kappa shape index (κ2) is 55.8. The van der Waals surface area contributed by atoms with Crippen molar-refractivity contribution >= 4 is 77.6 Å². The zero-order valence-corrected chi connectivity index (χ0v) is 75.2. The number of aliphatic carboxylic acids is 1. The SMILES string of the molecule is CCC[C@H](CCCCCCCCCCCCCCCCOC[C@@H](O)C(=O)O)O[C@@H]1O[C@H](CO)[C@@H](O[C@@H]2O[C@H](COC(C)=O)[C@@H](O[C@@H]3O[C@H](COC(C)=O)[C@@H](OC(C)=O)[C@H](OC(C)=O)[C@H]3O[C@@H]3O[C@H](COC(C)=O)[C@@H](O)[C@H](O)[C@H]3O[C@@H]3O[C@H](COC(C)=O)[C@@H](O)[C@H](O)[C@H]3O)[C@H](OC(C)=O)[C@H]2OC(C)=O)[C@H](O)[C@H]1O[C@@H]1O[C@H](COC(C)=O)[C@@H](OC(C)=O)[C@H](OC(C)=O)[C@H]1OC(C)=O. The minimum Gasteiger partial charge on any atom is -0.479 e. The molecule has 47 heteroatoms. The fraction of sp³-hybridized carbons (Fsp3) is 0.843. The summed E-state index contributed by atoms with van der Waals surface area (Å²) < 4.78 is 150. The molecule has 47 nitrogen and oxygen atoms in total. The van der Waals surface area contributed by atoms with Crippen LogP contribution in [0.15, 0.2) is 0 Å². The third-order valence-corrected chi connectivity index (χ3v) is 21.3. The van der Waals surface area contributed by atoms with E-state index in [1.54, 1.807) is 0 Å². The summed E-state index contributed by atoms with van der Waals surface area (Å²) in [6.45, 7) is 7.73. The molecule has 6 saturated heterocycles. The van der Waals surface area contributed by atoms with Gasteiger partial charge in [-0.1, -0.05) is 96.8 Å². The van der Waals surface area contributed by atoms with Gasteiger partial charge in [0, 0.05) is 89.7 Å². The topological polar surface area (TPSA) is 635 Å². The zero-order valence-electron chi connectivity index (χ0n) is 75.2. The first-order valence-corrected chi connectivity index (χ1v) is 43.4. The summed E-state index contributed by atoms with van der Waals surface area (Å²) in [5, 5.41) is 100. The second-order valence-corrected chi connectivity index (χ2v) is 32.1. The first kappa shape index (κ1) is 111. The number of carboxylic acids is 1. The van der Waals surface area contributed by atoms with Gasteiger partial charge in [-0.2, -0.15) is 0 Å². The number of esters is 12. The van der Waals surface area contributed by atoms with Crippen LogP contribution in [0.4, 0.5) is 0 Å². The standard InChI is InChI=1S/C83H130O47/c1-14-29-51(30-27-25-23-21-19-17-15-16-18-20-22-24-26-28-31-106-33-52(97)77(104)105)119-79-70(129-82-74(117-49(12)95)71(114-46(9)92)66(112-44(7)90)56(123-82)36-109-41(4)87)64(103)65(53(32-84)120-79)126-81-75(118-50(13)96)73(116-48(11)94)68(58(125-81)38-111-43(6)89)127-83-76(72(115-47(10)93)67(113-45(8)91)57(124-83)37-110-42(5)88)130-80-69(62(101)60(99)55(122-80)35-108-40(3)86)128-78-63(102)61(100)59(98)54(121-78)34-107-39(2)85/h51-76,78-84,97-103H,14-38H2,1-13H3,(H,104,105)/t51-,52-,53-,54-,55-,56-,57-,58-,59-,60-,61+,62+,63-,64+,65-,66-,67-,68-,69-,70-,71+,72+,73+,74-,75-,76-,78+,79-,80+,81+,82+,83+/m1/s1. The van der Waals surface area contributed by atoms with E-state index < -0.39 is 314 Å². The van der Waals surface area contributed by atoms with Crippen LogP contribution in [0.1, 0.15) is 199 Å². The van der Waals surface area contributed by atoms with Gasteiger partial charge in [0.05, 0.1) is 19.3 Å². The van der Waals surface area contributed by atoms with Crippen molar-refractivity contribution in [1.82, 2.24) is 0 Å². The molecule has 9 N–H and O–H groups in total. The van der Waals surface area contributed by atoms with E-state index in [-0.39, 0.29) is 6.61 Å². The number of unbranched alkanes of at least 4 members (excludes halogenated alkanes) is 13. The quantitative estimate of drug-likeness (QED) is 0.0206. The fourth-order valence-electron chi connectivity index (χ4n) is 15.4. The van der Waals surface area contributed by atoms with E-state index in [1.807, 2.05) is 6.92 Å². The lowest BCUT2D eigenvalue weighted by molar-refractivity contribution is -0.409. The lowest BCUT2D eigenvalue weighted by Crippen LogP contribution is -2.70. The summed E-state index contributed by atoms with van der Waals surface area (Å²) in [6, 6.07) is 0. The number of carboxylic acid groups (broad SMARTS) is 1. The maximum absolute atomic E-state index is 13.9. The summed E-state index contributed by atoms with van der Waals surface area (Å²) in [4.78, 5) is 167. The Balaban J connectivity index is 1.44. The van der Waals surface area contributed by atoms with Crippen molar-refractivity contribution in [3.8, 4) is 0 Å². The number of carbonyl (C=O) groups excluding carboxylic acids is 12. The molecule has 6 heterocycles. The molecule has 744 valence electrons. The number of rotatable bonds is 52. The van der Waals surface area contributed by atoms with Crippen LogP contribution in [0.3, 0.4) is 0 Å². The molecule has 0 unspecified atom stereocenters. The third kappa shape index (κ3) is 35.6. The molecule has 0 aromatic rings. The van der Waals surface area contributed by atoms with Crippen molar-refractivity contribution in [3.63, 3.8) is 0 Å².